The average molecular weight is 637 g/mol. The molecule has 236 valence electrons. The van der Waals surface area contributed by atoms with Crippen LogP contribution in [0.25, 0.3) is 0 Å². The molecule has 0 aliphatic heterocycles. The topological polar surface area (TPSA) is 151 Å². The molecule has 0 unspecified atom stereocenters. The molecule has 3 aliphatic rings. The molecule has 1 aromatic rings. The number of carbonyl (C=O) groups is 4. The minimum Gasteiger partial charge on any atom is -0.446 e. The molecule has 0 heterocycles. The SMILES string of the molecule is CN(C)CCCC/C=C\[C@@H]1C[C@]1(NC(=O)[C@@H]1C[C@@H](OC(=O)Nc2cccc(Cl)c2)C[C@H]1C=O)C(=O)NS(=O)(=O)C1(C)CC1. The third-order valence-electron chi connectivity index (χ3n) is 8.62. The van der Waals surface area contributed by atoms with Crippen molar-refractivity contribution in [3.8, 4) is 0 Å². The lowest BCUT2D eigenvalue weighted by Crippen LogP contribution is -2.54. The molecule has 0 radical (unpaired) electrons. The molecule has 11 nitrogen and oxygen atoms in total. The first kappa shape index (κ1) is 32.9. The number of nitrogens with one attached hydrogen (secondary N) is 3. The van der Waals surface area contributed by atoms with E-state index in [4.69, 9.17) is 16.3 Å². The zero-order chi connectivity index (χ0) is 31.4. The van der Waals surface area contributed by atoms with Gasteiger partial charge in [0.25, 0.3) is 5.91 Å². The number of halogens is 1. The predicted molar refractivity (Wildman–Crippen MR) is 163 cm³/mol. The van der Waals surface area contributed by atoms with Crippen LogP contribution in [0.15, 0.2) is 36.4 Å². The van der Waals surface area contributed by atoms with Gasteiger partial charge >= 0.3 is 6.09 Å². The Morgan fingerprint density at radius 2 is 1.91 bits per heavy atom. The smallest absolute Gasteiger partial charge is 0.411 e. The molecule has 0 bridgehead atoms. The summed E-state index contributed by atoms with van der Waals surface area (Å²) < 4.78 is 32.4. The fourth-order valence-corrected chi connectivity index (χ4v) is 6.96. The summed E-state index contributed by atoms with van der Waals surface area (Å²) in [5, 5.41) is 5.82. The number of aldehydes is 1. The van der Waals surface area contributed by atoms with E-state index < -0.39 is 56.2 Å². The number of anilines is 1. The van der Waals surface area contributed by atoms with Crippen molar-refractivity contribution in [3.05, 3.63) is 41.4 Å². The van der Waals surface area contributed by atoms with Gasteiger partial charge in [-0.2, -0.15) is 0 Å². The zero-order valence-electron chi connectivity index (χ0n) is 24.8. The fourth-order valence-electron chi connectivity index (χ4n) is 5.46. The van der Waals surface area contributed by atoms with Gasteiger partial charge in [0.1, 0.15) is 17.9 Å². The lowest BCUT2D eigenvalue weighted by molar-refractivity contribution is -0.133. The van der Waals surface area contributed by atoms with Crippen LogP contribution in [0.3, 0.4) is 0 Å². The van der Waals surface area contributed by atoms with Gasteiger partial charge in [-0.25, -0.2) is 13.2 Å². The van der Waals surface area contributed by atoms with Crippen LogP contribution >= 0.6 is 11.6 Å². The van der Waals surface area contributed by atoms with Crippen molar-refractivity contribution < 1.29 is 32.3 Å². The van der Waals surface area contributed by atoms with Gasteiger partial charge in [-0.05, 0) is 97.1 Å². The van der Waals surface area contributed by atoms with E-state index in [2.05, 4.69) is 20.3 Å². The molecule has 1 aromatic carbocycles. The first-order valence-electron chi connectivity index (χ1n) is 14.7. The fraction of sp³-hybridized carbons (Fsp3) is 0.600. The summed E-state index contributed by atoms with van der Waals surface area (Å²) in [6.07, 6.45) is 7.17. The predicted octanol–water partition coefficient (Wildman–Crippen LogP) is 3.64. The van der Waals surface area contributed by atoms with Crippen LogP contribution < -0.4 is 15.4 Å². The zero-order valence-corrected chi connectivity index (χ0v) is 26.4. The van der Waals surface area contributed by atoms with Crippen LogP contribution in [0.4, 0.5) is 10.5 Å². The highest BCUT2D eigenvalue weighted by Crippen LogP contribution is 2.48. The van der Waals surface area contributed by atoms with Crippen LogP contribution in [-0.2, 0) is 29.1 Å². The van der Waals surface area contributed by atoms with E-state index in [-0.39, 0.29) is 25.2 Å². The Hall–Kier alpha value is -2.96. The number of benzene rings is 1. The van der Waals surface area contributed by atoms with Gasteiger partial charge in [-0.1, -0.05) is 29.8 Å². The highest BCUT2D eigenvalue weighted by molar-refractivity contribution is 7.91. The van der Waals surface area contributed by atoms with Gasteiger partial charge < -0.3 is 19.7 Å². The molecule has 3 aliphatic carbocycles. The average Bonchev–Trinajstić information content (AvgIpc) is 3.81. The van der Waals surface area contributed by atoms with Gasteiger partial charge in [0.15, 0.2) is 0 Å². The first-order valence-corrected chi connectivity index (χ1v) is 16.5. The summed E-state index contributed by atoms with van der Waals surface area (Å²) in [6, 6.07) is 6.53. The van der Waals surface area contributed by atoms with Crippen molar-refractivity contribution in [2.24, 2.45) is 17.8 Å². The lowest BCUT2D eigenvalue weighted by atomic mass is 9.96. The third kappa shape index (κ3) is 8.16. The van der Waals surface area contributed by atoms with E-state index in [1.54, 1.807) is 31.2 Å². The normalized spacial score (nSPS) is 27.5. The van der Waals surface area contributed by atoms with E-state index in [1.165, 1.54) is 0 Å². The standard InChI is InChI=1S/C30H41ClN4O7S/c1-29(12-13-29)43(40,41)34-27(38)30(18-21(30)9-6-4-5-7-14-35(2)3)33-26(37)25-17-24(15-20(25)19-36)42-28(39)32-23-11-8-10-22(31)16-23/h6,8-11,16,19-21,24-25H,4-5,7,12-15,17-18H2,1-3H3,(H,32,39)(H,33,37)(H,34,38)/b9-6-/t20-,21+,24-,25+,30+/m0/s1. The number of ether oxygens (including phenoxy) is 1. The summed E-state index contributed by atoms with van der Waals surface area (Å²) in [7, 11) is 0.0962. The second kappa shape index (κ2) is 13.4. The first-order chi connectivity index (χ1) is 20.3. The van der Waals surface area contributed by atoms with Gasteiger partial charge in [-0.3, -0.25) is 19.6 Å². The second-order valence-electron chi connectivity index (χ2n) is 12.4. The van der Waals surface area contributed by atoms with Crippen molar-refractivity contribution >= 4 is 51.5 Å². The number of carbonyl (C=O) groups excluding carboxylic acids is 4. The Bertz CT molecular complexity index is 1360. The van der Waals surface area contributed by atoms with Gasteiger partial charge in [0, 0.05) is 22.5 Å². The van der Waals surface area contributed by atoms with E-state index in [9.17, 15) is 27.6 Å². The van der Waals surface area contributed by atoms with Crippen LogP contribution in [0, 0.1) is 17.8 Å². The van der Waals surface area contributed by atoms with E-state index in [0.717, 1.165) is 25.8 Å². The van der Waals surface area contributed by atoms with Crippen LogP contribution in [0.5, 0.6) is 0 Å². The maximum absolute atomic E-state index is 13.5. The molecule has 0 aromatic heterocycles. The highest BCUT2D eigenvalue weighted by atomic mass is 35.5. The molecular formula is C30H41ClN4O7S. The number of nitrogens with zero attached hydrogens (tertiary/aromatic N) is 1. The Balaban J connectivity index is 1.41. The summed E-state index contributed by atoms with van der Waals surface area (Å²) in [5.74, 6) is -3.29. The van der Waals surface area contributed by atoms with Gasteiger partial charge in [0.05, 0.1) is 10.7 Å². The minimum absolute atomic E-state index is 0.0820. The van der Waals surface area contributed by atoms with Crippen LogP contribution in [0.1, 0.15) is 58.3 Å². The molecule has 3 amide bonds. The molecule has 3 N–H and O–H groups in total. The molecule has 5 atom stereocenters. The minimum atomic E-state index is -3.92. The summed E-state index contributed by atoms with van der Waals surface area (Å²) in [4.78, 5) is 53.5. The van der Waals surface area contributed by atoms with Crippen molar-refractivity contribution in [2.75, 3.05) is 26.0 Å². The molecule has 0 saturated heterocycles. The number of hydrogen-bond acceptors (Lipinski definition) is 8. The summed E-state index contributed by atoms with van der Waals surface area (Å²) in [6.45, 7) is 2.55. The Morgan fingerprint density at radius 1 is 1.16 bits per heavy atom. The van der Waals surface area contributed by atoms with E-state index >= 15 is 0 Å². The van der Waals surface area contributed by atoms with E-state index in [1.807, 2.05) is 26.2 Å². The third-order valence-corrected chi connectivity index (χ3v) is 11.0. The quantitative estimate of drug-likeness (QED) is 0.159. The number of allylic oxidation sites excluding steroid dienone is 1. The summed E-state index contributed by atoms with van der Waals surface area (Å²) in [5.41, 5.74) is -1.00. The largest absolute Gasteiger partial charge is 0.446 e. The number of rotatable bonds is 14. The number of amides is 3. The van der Waals surface area contributed by atoms with Gasteiger partial charge in [-0.15, -0.1) is 0 Å². The van der Waals surface area contributed by atoms with E-state index in [0.29, 0.717) is 29.8 Å². The Kier molecular flexibility index (Phi) is 10.2. The van der Waals surface area contributed by atoms with Crippen molar-refractivity contribution in [2.45, 2.75) is 74.7 Å². The second-order valence-corrected chi connectivity index (χ2v) is 15.1. The molecule has 4 rings (SSSR count). The molecule has 3 saturated carbocycles. The number of sulfonamides is 1. The number of hydrogen-bond donors (Lipinski definition) is 3. The maximum Gasteiger partial charge on any atom is 0.411 e. The van der Waals surface area contributed by atoms with Crippen molar-refractivity contribution in [3.63, 3.8) is 0 Å². The molecule has 43 heavy (non-hydrogen) atoms. The molecule has 0 spiro atoms. The van der Waals surface area contributed by atoms with Crippen molar-refractivity contribution in [1.29, 1.82) is 0 Å². The highest BCUT2D eigenvalue weighted by Gasteiger charge is 2.63. The maximum atomic E-state index is 13.5. The van der Waals surface area contributed by atoms with Crippen LogP contribution in [-0.4, -0.2) is 74.5 Å². The molecular weight excluding hydrogens is 596 g/mol. The molecule has 13 heteroatoms. The van der Waals surface area contributed by atoms with Gasteiger partial charge in [0.2, 0.25) is 15.9 Å². The van der Waals surface area contributed by atoms with Crippen LogP contribution in [0.2, 0.25) is 5.02 Å². The Labute approximate surface area is 258 Å². The number of unbranched alkanes of at least 4 members (excludes halogenated alkanes) is 2. The monoisotopic (exact) mass is 636 g/mol. The summed E-state index contributed by atoms with van der Waals surface area (Å²) >= 11 is 5.96. The lowest BCUT2D eigenvalue weighted by Gasteiger charge is -2.23. The molecule has 3 fully saturated rings. The van der Waals surface area contributed by atoms with Crippen molar-refractivity contribution in [1.82, 2.24) is 14.9 Å². The Morgan fingerprint density at radius 3 is 2.56 bits per heavy atom.